The average molecular weight is 499 g/mol. The zero-order chi connectivity index (χ0) is 24.9. The number of benzene rings is 2. The van der Waals surface area contributed by atoms with Gasteiger partial charge in [0.2, 0.25) is 0 Å². The van der Waals surface area contributed by atoms with Crippen LogP contribution in [-0.2, 0) is 0 Å². The van der Waals surface area contributed by atoms with E-state index < -0.39 is 29.9 Å². The van der Waals surface area contributed by atoms with Gasteiger partial charge in [-0.3, -0.25) is 9.78 Å². The van der Waals surface area contributed by atoms with Crippen LogP contribution in [0.1, 0.15) is 10.5 Å². The minimum absolute atomic E-state index is 0.0733. The van der Waals surface area contributed by atoms with Crippen LogP contribution < -0.4 is 25.4 Å². The van der Waals surface area contributed by atoms with Crippen LogP contribution in [-0.4, -0.2) is 30.3 Å². The number of carbonyl (C=O) groups is 2. The van der Waals surface area contributed by atoms with E-state index in [1.807, 2.05) is 0 Å². The van der Waals surface area contributed by atoms with E-state index in [-0.39, 0.29) is 33.6 Å². The lowest BCUT2D eigenvalue weighted by Gasteiger charge is -2.13. The first-order valence-electron chi connectivity index (χ1n) is 9.33. The molecule has 0 bridgehead atoms. The molecular weight excluding hydrogens is 484 g/mol. The molecule has 0 spiro atoms. The number of ether oxygens (including phenoxy) is 2. The summed E-state index contributed by atoms with van der Waals surface area (Å²) in [5.41, 5.74) is -0.209. The van der Waals surface area contributed by atoms with Gasteiger partial charge in [0.05, 0.1) is 10.7 Å². The highest BCUT2D eigenvalue weighted by Crippen LogP contribution is 2.32. The van der Waals surface area contributed by atoms with E-state index in [2.05, 4.69) is 25.7 Å². The Kier molecular flexibility index (Phi) is 7.41. The van der Waals surface area contributed by atoms with Gasteiger partial charge in [0, 0.05) is 37.1 Å². The Morgan fingerprint density at radius 3 is 2.41 bits per heavy atom. The average Bonchev–Trinajstić information content (AvgIpc) is 2.76. The van der Waals surface area contributed by atoms with E-state index in [9.17, 15) is 27.2 Å². The Morgan fingerprint density at radius 1 is 1.00 bits per heavy atom. The van der Waals surface area contributed by atoms with Gasteiger partial charge >= 0.3 is 12.4 Å². The van der Waals surface area contributed by atoms with Crippen LogP contribution in [0.25, 0.3) is 0 Å². The Bertz CT molecular complexity index is 1220. The topological polar surface area (TPSA) is 102 Å². The van der Waals surface area contributed by atoms with Crippen molar-refractivity contribution >= 4 is 34.9 Å². The van der Waals surface area contributed by atoms with Crippen LogP contribution in [0.5, 0.6) is 17.2 Å². The number of carbonyl (C=O) groups excluding carboxylic acids is 2. The first kappa shape index (κ1) is 24.6. The number of amides is 3. The SMILES string of the molecule is CNC(=O)c1cc(Oc2ccc(NC(=O)Nc3ccc(Cl)c(OC(F)(F)F)c3)c(F)c2)ccn1. The number of hydrogen-bond donors (Lipinski definition) is 3. The number of anilines is 2. The Balaban J connectivity index is 1.66. The molecule has 0 aliphatic heterocycles. The molecule has 0 aliphatic carbocycles. The fourth-order valence-corrected chi connectivity index (χ4v) is 2.75. The molecule has 3 aromatic rings. The standard InChI is InChI=1S/C21H15ClF4N4O4/c1-27-19(31)17-10-13(6-7-28-17)33-12-3-5-16(15(23)9-12)30-20(32)29-11-2-4-14(22)18(8-11)34-21(24,25)26/h2-10H,1H3,(H,27,31)(H2,29,30,32). The molecule has 0 aliphatic rings. The Morgan fingerprint density at radius 2 is 1.74 bits per heavy atom. The zero-order valence-corrected chi connectivity index (χ0v) is 17.9. The summed E-state index contributed by atoms with van der Waals surface area (Å²) in [6.07, 6.45) is -3.63. The maximum atomic E-state index is 14.5. The summed E-state index contributed by atoms with van der Waals surface area (Å²) < 4.78 is 61.0. The van der Waals surface area contributed by atoms with Crippen LogP contribution in [0.15, 0.2) is 54.7 Å². The summed E-state index contributed by atoms with van der Waals surface area (Å²) in [6, 6.07) is 8.66. The van der Waals surface area contributed by atoms with E-state index in [1.54, 1.807) is 0 Å². The minimum atomic E-state index is -4.97. The molecule has 3 amide bonds. The van der Waals surface area contributed by atoms with Gasteiger partial charge in [0.25, 0.3) is 5.91 Å². The van der Waals surface area contributed by atoms with Crippen molar-refractivity contribution in [1.82, 2.24) is 10.3 Å². The number of urea groups is 1. The number of nitrogens with one attached hydrogen (secondary N) is 3. The molecule has 13 heteroatoms. The highest BCUT2D eigenvalue weighted by atomic mass is 35.5. The fourth-order valence-electron chi connectivity index (χ4n) is 2.59. The van der Waals surface area contributed by atoms with Crippen molar-refractivity contribution in [2.75, 3.05) is 17.7 Å². The van der Waals surface area contributed by atoms with Crippen molar-refractivity contribution in [2.45, 2.75) is 6.36 Å². The van der Waals surface area contributed by atoms with E-state index >= 15 is 0 Å². The number of nitrogens with zero attached hydrogens (tertiary/aromatic N) is 1. The van der Waals surface area contributed by atoms with Crippen molar-refractivity contribution in [2.24, 2.45) is 0 Å². The van der Waals surface area contributed by atoms with Crippen molar-refractivity contribution in [3.63, 3.8) is 0 Å². The van der Waals surface area contributed by atoms with Crippen LogP contribution in [0.4, 0.5) is 33.7 Å². The minimum Gasteiger partial charge on any atom is -0.457 e. The normalized spacial score (nSPS) is 10.9. The maximum Gasteiger partial charge on any atom is 0.573 e. The zero-order valence-electron chi connectivity index (χ0n) is 17.2. The molecule has 34 heavy (non-hydrogen) atoms. The summed E-state index contributed by atoms with van der Waals surface area (Å²) in [4.78, 5) is 27.7. The van der Waals surface area contributed by atoms with Gasteiger partial charge < -0.3 is 25.4 Å². The lowest BCUT2D eigenvalue weighted by molar-refractivity contribution is -0.274. The van der Waals surface area contributed by atoms with E-state index in [0.29, 0.717) is 0 Å². The molecule has 8 nitrogen and oxygen atoms in total. The lowest BCUT2D eigenvalue weighted by Crippen LogP contribution is -2.21. The summed E-state index contributed by atoms with van der Waals surface area (Å²) in [7, 11) is 1.44. The number of aromatic nitrogens is 1. The molecule has 0 saturated carbocycles. The third-order valence-corrected chi connectivity index (χ3v) is 4.34. The van der Waals surface area contributed by atoms with Gasteiger partial charge in [-0.05, 0) is 30.3 Å². The predicted molar refractivity (Wildman–Crippen MR) is 115 cm³/mol. The molecule has 178 valence electrons. The molecule has 1 aromatic heterocycles. The Hall–Kier alpha value is -4.06. The molecule has 3 rings (SSSR count). The largest absolute Gasteiger partial charge is 0.573 e. The van der Waals surface area contributed by atoms with Crippen molar-refractivity contribution in [1.29, 1.82) is 0 Å². The predicted octanol–water partition coefficient (Wildman–Crippen LogP) is 5.57. The molecule has 0 unspecified atom stereocenters. The third-order valence-electron chi connectivity index (χ3n) is 4.03. The van der Waals surface area contributed by atoms with Crippen molar-refractivity contribution in [3.8, 4) is 17.2 Å². The molecule has 3 N–H and O–H groups in total. The van der Waals surface area contributed by atoms with Gasteiger partial charge in [-0.2, -0.15) is 0 Å². The lowest BCUT2D eigenvalue weighted by atomic mass is 10.2. The molecule has 2 aromatic carbocycles. The van der Waals surface area contributed by atoms with Crippen LogP contribution in [0.3, 0.4) is 0 Å². The van der Waals surface area contributed by atoms with Crippen molar-refractivity contribution in [3.05, 3.63) is 71.3 Å². The third kappa shape index (κ3) is 6.72. The maximum absolute atomic E-state index is 14.5. The van der Waals surface area contributed by atoms with Crippen LogP contribution >= 0.6 is 11.6 Å². The Labute approximate surface area is 194 Å². The second kappa shape index (κ2) is 10.3. The number of hydrogen-bond acceptors (Lipinski definition) is 5. The highest BCUT2D eigenvalue weighted by Gasteiger charge is 2.32. The highest BCUT2D eigenvalue weighted by molar-refractivity contribution is 6.32. The second-order valence-electron chi connectivity index (χ2n) is 6.47. The molecule has 0 saturated heterocycles. The van der Waals surface area contributed by atoms with Gasteiger partial charge in [-0.1, -0.05) is 11.6 Å². The van der Waals surface area contributed by atoms with Gasteiger partial charge in [-0.25, -0.2) is 9.18 Å². The molecule has 1 heterocycles. The van der Waals surface area contributed by atoms with Gasteiger partial charge in [0.15, 0.2) is 0 Å². The number of pyridine rings is 1. The molecular formula is C21H15ClF4N4O4. The van der Waals surface area contributed by atoms with E-state index in [4.69, 9.17) is 16.3 Å². The summed E-state index contributed by atoms with van der Waals surface area (Å²) in [6.45, 7) is 0. The second-order valence-corrected chi connectivity index (χ2v) is 6.88. The fraction of sp³-hybridized carbons (Fsp3) is 0.0952. The summed E-state index contributed by atoms with van der Waals surface area (Å²) >= 11 is 5.66. The number of rotatable bonds is 6. The summed E-state index contributed by atoms with van der Waals surface area (Å²) in [5, 5.41) is 6.57. The van der Waals surface area contributed by atoms with E-state index in [0.717, 1.165) is 18.2 Å². The number of halogens is 5. The monoisotopic (exact) mass is 498 g/mol. The van der Waals surface area contributed by atoms with Gasteiger partial charge in [0.1, 0.15) is 28.8 Å². The molecule has 0 atom stereocenters. The first-order valence-corrected chi connectivity index (χ1v) is 9.70. The van der Waals surface area contributed by atoms with E-state index in [1.165, 1.54) is 43.6 Å². The summed E-state index contributed by atoms with van der Waals surface area (Å²) in [5.74, 6) is -1.70. The first-order chi connectivity index (χ1) is 16.0. The quantitative estimate of drug-likeness (QED) is 0.386. The molecule has 0 radical (unpaired) electrons. The van der Waals surface area contributed by atoms with Crippen molar-refractivity contribution < 1.29 is 36.6 Å². The van der Waals surface area contributed by atoms with Crippen LogP contribution in [0, 0.1) is 5.82 Å². The number of alkyl halides is 3. The molecule has 0 fully saturated rings. The van der Waals surface area contributed by atoms with Crippen LogP contribution in [0.2, 0.25) is 5.02 Å². The van der Waals surface area contributed by atoms with Gasteiger partial charge in [-0.15, -0.1) is 13.2 Å². The smallest absolute Gasteiger partial charge is 0.457 e.